The van der Waals surface area contributed by atoms with Crippen molar-refractivity contribution in [1.29, 1.82) is 0 Å². The summed E-state index contributed by atoms with van der Waals surface area (Å²) in [6, 6.07) is 2.03. The van der Waals surface area contributed by atoms with Gasteiger partial charge in [0.05, 0.1) is 0 Å². The van der Waals surface area contributed by atoms with Gasteiger partial charge in [-0.1, -0.05) is 0 Å². The first kappa shape index (κ1) is 17.0. The van der Waals surface area contributed by atoms with Gasteiger partial charge in [0.2, 0.25) is 0 Å². The number of rotatable bonds is 4. The first-order valence-corrected chi connectivity index (χ1v) is 9.03. The van der Waals surface area contributed by atoms with Gasteiger partial charge in [-0.3, -0.25) is 0 Å². The van der Waals surface area contributed by atoms with Gasteiger partial charge in [-0.05, 0) is 0 Å². The normalized spacial score (nSPS) is 15.5. The third kappa shape index (κ3) is 3.48. The van der Waals surface area contributed by atoms with Crippen LogP contribution in [0.3, 0.4) is 0 Å². The minimum absolute atomic E-state index is 0.0000951. The first-order valence-electron chi connectivity index (χ1n) is 8.09. The van der Waals surface area contributed by atoms with E-state index in [9.17, 15) is 4.79 Å². The fourth-order valence-corrected chi connectivity index (χ4v) is 3.61. The summed E-state index contributed by atoms with van der Waals surface area (Å²) >= 11 is 2.56. The van der Waals surface area contributed by atoms with E-state index in [1.54, 1.807) is 12.4 Å². The van der Waals surface area contributed by atoms with Crippen LogP contribution in [0.5, 0.6) is 0 Å². The third-order valence-electron chi connectivity index (χ3n) is 4.33. The Bertz CT molecular complexity index is 724. The van der Waals surface area contributed by atoms with Crippen LogP contribution >= 0.6 is 0 Å². The van der Waals surface area contributed by atoms with Crippen molar-refractivity contribution in [2.45, 2.75) is 26.2 Å². The molecule has 2 aromatic rings. The van der Waals surface area contributed by atoms with Gasteiger partial charge in [0, 0.05) is 0 Å². The van der Waals surface area contributed by atoms with Gasteiger partial charge in [0.25, 0.3) is 0 Å². The number of hydrogen-bond donors (Lipinski definition) is 0. The molecule has 0 unspecified atom stereocenters. The van der Waals surface area contributed by atoms with Crippen LogP contribution in [0.4, 0.5) is 5.82 Å². The SMILES string of the molecule is CCc1cnc(-c2cnc(N3CCC(C(=O)OC)CC3)c([As])c2)o1. The van der Waals surface area contributed by atoms with E-state index in [2.05, 4.69) is 31.7 Å². The molecular formula is C17H20AsN3O3. The topological polar surface area (TPSA) is 68.5 Å². The monoisotopic (exact) mass is 389 g/mol. The maximum atomic E-state index is 11.6. The summed E-state index contributed by atoms with van der Waals surface area (Å²) in [6.07, 6.45) is 5.96. The van der Waals surface area contributed by atoms with Crippen molar-refractivity contribution in [1.82, 2.24) is 9.97 Å². The van der Waals surface area contributed by atoms with E-state index >= 15 is 0 Å². The number of pyridine rings is 1. The molecule has 126 valence electrons. The number of carbonyl (C=O) groups excluding carboxylic acids is 1. The summed E-state index contributed by atoms with van der Waals surface area (Å²) < 4.78 is 11.5. The molecule has 1 saturated heterocycles. The molecule has 0 bridgehead atoms. The van der Waals surface area contributed by atoms with E-state index in [4.69, 9.17) is 9.15 Å². The zero-order chi connectivity index (χ0) is 17.1. The molecule has 0 saturated carbocycles. The number of methoxy groups -OCH3 is 1. The molecule has 2 radical (unpaired) electrons. The Hall–Kier alpha value is -1.81. The summed E-state index contributed by atoms with van der Waals surface area (Å²) in [7, 11) is 1.45. The van der Waals surface area contributed by atoms with E-state index in [0.717, 1.165) is 53.8 Å². The molecule has 3 rings (SSSR count). The summed E-state index contributed by atoms with van der Waals surface area (Å²) in [5.41, 5.74) is 0.874. The number of esters is 1. The van der Waals surface area contributed by atoms with E-state index in [1.807, 2.05) is 13.0 Å². The van der Waals surface area contributed by atoms with Crippen molar-refractivity contribution in [3.05, 3.63) is 24.2 Å². The number of anilines is 1. The van der Waals surface area contributed by atoms with Crippen LogP contribution in [0.15, 0.2) is 22.9 Å². The second kappa shape index (κ2) is 7.39. The number of hydrogen-bond acceptors (Lipinski definition) is 6. The molecule has 6 nitrogen and oxygen atoms in total. The predicted octanol–water partition coefficient (Wildman–Crippen LogP) is 1.48. The molecule has 0 spiro atoms. The van der Waals surface area contributed by atoms with Crippen molar-refractivity contribution in [3.8, 4) is 11.5 Å². The van der Waals surface area contributed by atoms with Crippen molar-refractivity contribution in [2.24, 2.45) is 5.92 Å². The van der Waals surface area contributed by atoms with Crippen molar-refractivity contribution in [2.75, 3.05) is 25.1 Å². The molecule has 3 heterocycles. The van der Waals surface area contributed by atoms with Gasteiger partial charge in [0.15, 0.2) is 0 Å². The second-order valence-electron chi connectivity index (χ2n) is 5.84. The number of ether oxygens (including phenoxy) is 1. The van der Waals surface area contributed by atoms with Crippen molar-refractivity contribution >= 4 is 33.0 Å². The van der Waals surface area contributed by atoms with E-state index in [0.29, 0.717) is 5.89 Å². The van der Waals surface area contributed by atoms with E-state index in [-0.39, 0.29) is 11.9 Å². The standard InChI is InChI=1S/C17H20AsN3O3/c1-3-13-10-20-16(24-13)12-8-14(18)15(19-9-12)21-6-4-11(5-7-21)17(22)23-2/h8-11H,3-7H2,1-2H3. The Balaban J connectivity index is 1.73. The van der Waals surface area contributed by atoms with Gasteiger partial charge in [-0.15, -0.1) is 0 Å². The average Bonchev–Trinajstić information content (AvgIpc) is 3.10. The van der Waals surface area contributed by atoms with Gasteiger partial charge in [-0.2, -0.15) is 0 Å². The maximum absolute atomic E-state index is 11.6. The van der Waals surface area contributed by atoms with Crippen LogP contribution in [-0.4, -0.2) is 53.0 Å². The van der Waals surface area contributed by atoms with E-state index < -0.39 is 0 Å². The number of aromatic nitrogens is 2. The fourth-order valence-electron chi connectivity index (χ4n) is 2.90. The number of oxazole rings is 1. The number of nitrogens with zero attached hydrogens (tertiary/aromatic N) is 3. The molecule has 1 aliphatic heterocycles. The van der Waals surface area contributed by atoms with E-state index in [1.165, 1.54) is 7.11 Å². The molecule has 0 atom stereocenters. The van der Waals surface area contributed by atoms with Crippen LogP contribution in [0.1, 0.15) is 25.5 Å². The Labute approximate surface area is 150 Å². The minimum atomic E-state index is -0.110. The molecule has 1 aliphatic rings. The summed E-state index contributed by atoms with van der Waals surface area (Å²) in [6.45, 7) is 3.64. The number of carbonyl (C=O) groups is 1. The Morgan fingerprint density at radius 1 is 1.38 bits per heavy atom. The Morgan fingerprint density at radius 2 is 2.12 bits per heavy atom. The molecule has 1 fully saturated rings. The molecule has 0 amide bonds. The molecule has 0 N–H and O–H groups in total. The Morgan fingerprint density at radius 3 is 2.71 bits per heavy atom. The van der Waals surface area contributed by atoms with Gasteiger partial charge >= 0.3 is 150 Å². The number of aryl methyl sites for hydroxylation is 1. The van der Waals surface area contributed by atoms with Crippen molar-refractivity contribution in [3.63, 3.8) is 0 Å². The third-order valence-corrected chi connectivity index (χ3v) is 5.02. The molecule has 2 aromatic heterocycles. The van der Waals surface area contributed by atoms with Crippen LogP contribution in [0.25, 0.3) is 11.5 Å². The predicted molar refractivity (Wildman–Crippen MR) is 91.5 cm³/mol. The van der Waals surface area contributed by atoms with Crippen LogP contribution in [0.2, 0.25) is 0 Å². The fraction of sp³-hybridized carbons (Fsp3) is 0.471. The molecule has 24 heavy (non-hydrogen) atoms. The van der Waals surface area contributed by atoms with Crippen LogP contribution in [-0.2, 0) is 16.0 Å². The van der Waals surface area contributed by atoms with Crippen LogP contribution < -0.4 is 9.25 Å². The molecule has 0 aromatic carbocycles. The summed E-state index contributed by atoms with van der Waals surface area (Å²) in [5.74, 6) is 2.29. The molecule has 0 aliphatic carbocycles. The van der Waals surface area contributed by atoms with Crippen LogP contribution in [0, 0.1) is 5.92 Å². The Kier molecular flexibility index (Phi) is 5.24. The second-order valence-corrected chi connectivity index (χ2v) is 6.85. The first-order chi connectivity index (χ1) is 11.6. The zero-order valence-electron chi connectivity index (χ0n) is 13.9. The quantitative estimate of drug-likeness (QED) is 0.583. The molecule has 7 heteroatoms. The number of piperidine rings is 1. The molecular weight excluding hydrogens is 369 g/mol. The zero-order valence-corrected chi connectivity index (χ0v) is 15.7. The van der Waals surface area contributed by atoms with Gasteiger partial charge in [0.1, 0.15) is 0 Å². The summed E-state index contributed by atoms with van der Waals surface area (Å²) in [4.78, 5) is 22.7. The summed E-state index contributed by atoms with van der Waals surface area (Å²) in [5, 5.41) is 0. The van der Waals surface area contributed by atoms with Crippen molar-refractivity contribution < 1.29 is 13.9 Å². The average molecular weight is 389 g/mol. The van der Waals surface area contributed by atoms with Gasteiger partial charge < -0.3 is 0 Å². The van der Waals surface area contributed by atoms with Gasteiger partial charge in [-0.25, -0.2) is 0 Å².